The highest BCUT2D eigenvalue weighted by molar-refractivity contribution is 5.96. The van der Waals surface area contributed by atoms with E-state index < -0.39 is 0 Å². The van der Waals surface area contributed by atoms with Gasteiger partial charge in [-0.15, -0.1) is 12.4 Å². The molecule has 0 unspecified atom stereocenters. The average molecular weight is 365 g/mol. The van der Waals surface area contributed by atoms with E-state index in [-0.39, 0.29) is 29.5 Å². The summed E-state index contributed by atoms with van der Waals surface area (Å²) in [5.41, 5.74) is 1.96. The summed E-state index contributed by atoms with van der Waals surface area (Å²) in [4.78, 5) is 13.1. The van der Waals surface area contributed by atoms with Gasteiger partial charge in [-0.25, -0.2) is 4.39 Å². The van der Waals surface area contributed by atoms with E-state index in [0.29, 0.717) is 12.1 Å². The van der Waals surface area contributed by atoms with Crippen LogP contribution in [0.1, 0.15) is 49.7 Å². The summed E-state index contributed by atoms with van der Waals surface area (Å²) in [5, 5.41) is 6.25. The summed E-state index contributed by atoms with van der Waals surface area (Å²) in [5.74, 6) is 2.03. The second-order valence-electron chi connectivity index (χ2n) is 8.64. The average Bonchev–Trinajstić information content (AvgIpc) is 2.56. The van der Waals surface area contributed by atoms with Gasteiger partial charge < -0.3 is 10.6 Å². The Morgan fingerprint density at radius 1 is 1.12 bits per heavy atom. The van der Waals surface area contributed by atoms with Gasteiger partial charge in [0.15, 0.2) is 0 Å². The van der Waals surface area contributed by atoms with Crippen molar-refractivity contribution in [3.05, 3.63) is 29.1 Å². The molecule has 3 nitrogen and oxygen atoms in total. The van der Waals surface area contributed by atoms with Crippen LogP contribution in [0.3, 0.4) is 0 Å². The maximum atomic E-state index is 14.8. The van der Waals surface area contributed by atoms with Crippen molar-refractivity contribution in [2.24, 2.45) is 23.2 Å². The van der Waals surface area contributed by atoms with Crippen molar-refractivity contribution in [2.75, 3.05) is 11.9 Å². The molecule has 136 valence electrons. The number of benzene rings is 1. The van der Waals surface area contributed by atoms with Gasteiger partial charge in [0.1, 0.15) is 5.82 Å². The Labute approximate surface area is 154 Å². The number of carbonyl (C=O) groups excluding carboxylic acids is 1. The topological polar surface area (TPSA) is 41.1 Å². The van der Waals surface area contributed by atoms with Crippen LogP contribution in [0.15, 0.2) is 12.1 Å². The number of halogens is 2. The minimum atomic E-state index is -0.224. The summed E-state index contributed by atoms with van der Waals surface area (Å²) in [6.07, 6.45) is 7.68. The van der Waals surface area contributed by atoms with Crippen LogP contribution in [-0.2, 0) is 17.8 Å². The molecule has 0 saturated heterocycles. The second-order valence-corrected chi connectivity index (χ2v) is 8.64. The number of hydrogen-bond acceptors (Lipinski definition) is 2. The molecular weight excluding hydrogens is 339 g/mol. The van der Waals surface area contributed by atoms with E-state index in [4.69, 9.17) is 0 Å². The molecule has 0 aromatic heterocycles. The van der Waals surface area contributed by atoms with Crippen LogP contribution in [0.25, 0.3) is 0 Å². The smallest absolute Gasteiger partial charge is 0.230 e. The molecule has 1 aromatic rings. The van der Waals surface area contributed by atoms with Crippen LogP contribution in [0.2, 0.25) is 0 Å². The zero-order valence-electron chi connectivity index (χ0n) is 14.4. The summed E-state index contributed by atoms with van der Waals surface area (Å²) >= 11 is 0. The van der Waals surface area contributed by atoms with Crippen molar-refractivity contribution in [1.29, 1.82) is 0 Å². The fraction of sp³-hybridized carbons (Fsp3) is 0.650. The van der Waals surface area contributed by atoms with E-state index in [2.05, 4.69) is 10.6 Å². The normalized spacial score (nSPS) is 35.0. The first kappa shape index (κ1) is 17.3. The molecule has 1 amide bonds. The Bertz CT molecular complexity index is 670. The van der Waals surface area contributed by atoms with Crippen molar-refractivity contribution in [3.63, 3.8) is 0 Å². The summed E-state index contributed by atoms with van der Waals surface area (Å²) in [6.45, 7) is 1.52. The lowest BCUT2D eigenvalue weighted by Crippen LogP contribution is -2.51. The first-order valence-electron chi connectivity index (χ1n) is 9.45. The van der Waals surface area contributed by atoms with Crippen LogP contribution >= 0.6 is 12.4 Å². The van der Waals surface area contributed by atoms with Crippen LogP contribution < -0.4 is 10.6 Å². The fourth-order valence-electron chi connectivity index (χ4n) is 6.27. The molecule has 4 aliphatic carbocycles. The number of rotatable bonds is 2. The molecule has 0 spiro atoms. The molecule has 1 aromatic carbocycles. The first-order chi connectivity index (χ1) is 11.6. The third-order valence-corrected chi connectivity index (χ3v) is 6.98. The molecule has 0 radical (unpaired) electrons. The van der Waals surface area contributed by atoms with Crippen LogP contribution in [0.4, 0.5) is 10.1 Å². The minimum absolute atomic E-state index is 0. The summed E-state index contributed by atoms with van der Waals surface area (Å²) < 4.78 is 14.8. The van der Waals surface area contributed by atoms with Gasteiger partial charge in [-0.05, 0) is 86.4 Å². The summed E-state index contributed by atoms with van der Waals surface area (Å²) in [6, 6.07) is 3.71. The predicted octanol–water partition coefficient (Wildman–Crippen LogP) is 4.05. The van der Waals surface area contributed by atoms with E-state index in [1.54, 1.807) is 6.07 Å². The lowest BCUT2D eigenvalue weighted by atomic mass is 9.49. The van der Waals surface area contributed by atoms with Crippen molar-refractivity contribution >= 4 is 24.0 Å². The Kier molecular flexibility index (Phi) is 4.32. The van der Waals surface area contributed by atoms with E-state index in [1.807, 2.05) is 6.07 Å². The van der Waals surface area contributed by atoms with Crippen LogP contribution in [0.5, 0.6) is 0 Å². The number of anilines is 1. The van der Waals surface area contributed by atoms with E-state index in [9.17, 15) is 9.18 Å². The van der Waals surface area contributed by atoms with Gasteiger partial charge in [-0.1, -0.05) is 6.07 Å². The lowest BCUT2D eigenvalue weighted by Gasteiger charge is -2.55. The standard InChI is InChI=1S/C20H25FN2O.ClH/c21-18-16-3-4-22-11-15(16)1-2-17(18)23-19(24)20-8-12-5-13(9-20)7-14(6-12)10-20;/h1-2,12-14,22H,3-11H2,(H,23,24);1H. The Balaban J connectivity index is 0.00000157. The molecule has 0 atom stereocenters. The molecule has 1 heterocycles. The largest absolute Gasteiger partial charge is 0.323 e. The van der Waals surface area contributed by atoms with Crippen molar-refractivity contribution in [2.45, 2.75) is 51.5 Å². The Hall–Kier alpha value is -1.13. The SMILES string of the molecule is Cl.O=C(Nc1ccc2c(c1F)CCNC2)C12CC3CC(CC(C3)C1)C2. The zero-order chi connectivity index (χ0) is 16.3. The molecule has 6 rings (SSSR count). The third-order valence-electron chi connectivity index (χ3n) is 6.98. The molecule has 4 bridgehead atoms. The lowest BCUT2D eigenvalue weighted by molar-refractivity contribution is -0.140. The van der Waals surface area contributed by atoms with Gasteiger partial charge in [0.25, 0.3) is 0 Å². The maximum absolute atomic E-state index is 14.8. The Morgan fingerprint density at radius 3 is 2.40 bits per heavy atom. The highest BCUT2D eigenvalue weighted by Gasteiger charge is 2.54. The molecule has 2 N–H and O–H groups in total. The van der Waals surface area contributed by atoms with Crippen LogP contribution in [-0.4, -0.2) is 12.5 Å². The number of nitrogens with one attached hydrogen (secondary N) is 2. The maximum Gasteiger partial charge on any atom is 0.230 e. The monoisotopic (exact) mass is 364 g/mol. The summed E-state index contributed by atoms with van der Waals surface area (Å²) in [7, 11) is 0. The molecular formula is C20H26ClFN2O. The molecule has 5 aliphatic rings. The number of carbonyl (C=O) groups is 1. The van der Waals surface area contributed by atoms with Crippen molar-refractivity contribution in [3.8, 4) is 0 Å². The molecule has 1 aliphatic heterocycles. The van der Waals surface area contributed by atoms with E-state index in [0.717, 1.165) is 61.2 Å². The quantitative estimate of drug-likeness (QED) is 0.831. The highest BCUT2D eigenvalue weighted by Crippen LogP contribution is 2.60. The van der Waals surface area contributed by atoms with Crippen LogP contribution in [0, 0.1) is 29.0 Å². The number of amides is 1. The van der Waals surface area contributed by atoms with Gasteiger partial charge in [-0.3, -0.25) is 4.79 Å². The van der Waals surface area contributed by atoms with Gasteiger partial charge in [0, 0.05) is 6.54 Å². The number of hydrogen-bond donors (Lipinski definition) is 2. The van der Waals surface area contributed by atoms with E-state index in [1.165, 1.54) is 19.3 Å². The molecule has 5 heteroatoms. The highest BCUT2D eigenvalue weighted by atomic mass is 35.5. The second kappa shape index (κ2) is 6.24. The molecule has 4 fully saturated rings. The van der Waals surface area contributed by atoms with Crippen molar-refractivity contribution in [1.82, 2.24) is 5.32 Å². The third kappa shape index (κ3) is 2.78. The first-order valence-corrected chi connectivity index (χ1v) is 9.45. The van der Waals surface area contributed by atoms with Gasteiger partial charge in [-0.2, -0.15) is 0 Å². The van der Waals surface area contributed by atoms with Gasteiger partial charge >= 0.3 is 0 Å². The molecule has 4 saturated carbocycles. The Morgan fingerprint density at radius 2 is 1.76 bits per heavy atom. The fourth-order valence-corrected chi connectivity index (χ4v) is 6.27. The van der Waals surface area contributed by atoms with Gasteiger partial charge in [0.2, 0.25) is 5.91 Å². The van der Waals surface area contributed by atoms with E-state index >= 15 is 0 Å². The predicted molar refractivity (Wildman–Crippen MR) is 98.3 cm³/mol. The minimum Gasteiger partial charge on any atom is -0.323 e. The zero-order valence-corrected chi connectivity index (χ0v) is 15.3. The molecule has 25 heavy (non-hydrogen) atoms. The van der Waals surface area contributed by atoms with Crippen molar-refractivity contribution < 1.29 is 9.18 Å². The van der Waals surface area contributed by atoms with Gasteiger partial charge in [0.05, 0.1) is 11.1 Å². The number of fused-ring (bicyclic) bond motifs is 1.